The number of allylic oxidation sites excluding steroid dienone is 5. The largest absolute Gasteiger partial charge is 0.370 e. The molecule has 1 nitrogen and oxygen atoms in total. The third-order valence-corrected chi connectivity index (χ3v) is 4.02. The molecule has 0 saturated carbocycles. The highest BCUT2D eigenvalue weighted by molar-refractivity contribution is 5.69. The molecule has 0 bridgehead atoms. The number of nitrogens with zero attached hydrogens (tertiary/aromatic N) is 1. The molecule has 1 fully saturated rings. The molecule has 0 unspecified atom stereocenters. The van der Waals surface area contributed by atoms with E-state index in [1.165, 1.54) is 16.7 Å². The van der Waals surface area contributed by atoms with E-state index in [1.807, 2.05) is 19.1 Å². The minimum atomic E-state index is 0.428. The molecular formula is C21H27N. The molecule has 1 aliphatic rings. The van der Waals surface area contributed by atoms with Crippen LogP contribution < -0.4 is 0 Å². The average molecular weight is 293 g/mol. The molecule has 0 aliphatic carbocycles. The number of hydrogen-bond acceptors (Lipinski definition) is 1. The molecule has 0 radical (unpaired) electrons. The van der Waals surface area contributed by atoms with Crippen molar-refractivity contribution in [1.29, 1.82) is 0 Å². The van der Waals surface area contributed by atoms with Crippen molar-refractivity contribution in [2.24, 2.45) is 5.41 Å². The minimum absolute atomic E-state index is 0.428. The Kier molecular flexibility index (Phi) is 4.75. The van der Waals surface area contributed by atoms with Crippen LogP contribution >= 0.6 is 0 Å². The highest BCUT2D eigenvalue weighted by Gasteiger charge is 2.34. The van der Waals surface area contributed by atoms with Crippen molar-refractivity contribution in [2.75, 3.05) is 13.1 Å². The normalized spacial score (nSPS) is 17.5. The van der Waals surface area contributed by atoms with Gasteiger partial charge in [-0.3, -0.25) is 0 Å². The van der Waals surface area contributed by atoms with Gasteiger partial charge in [0.15, 0.2) is 0 Å². The van der Waals surface area contributed by atoms with Gasteiger partial charge >= 0.3 is 0 Å². The summed E-state index contributed by atoms with van der Waals surface area (Å²) in [5, 5.41) is 0. The summed E-state index contributed by atoms with van der Waals surface area (Å²) in [5.74, 6) is 0. The predicted octanol–water partition coefficient (Wildman–Crippen LogP) is 5.53. The molecule has 1 aromatic carbocycles. The second-order valence-corrected chi connectivity index (χ2v) is 7.10. The van der Waals surface area contributed by atoms with Gasteiger partial charge in [-0.1, -0.05) is 75.1 Å². The van der Waals surface area contributed by atoms with Crippen molar-refractivity contribution in [3.05, 3.63) is 72.4 Å². The van der Waals surface area contributed by atoms with E-state index in [2.05, 4.69) is 69.2 Å². The van der Waals surface area contributed by atoms with Gasteiger partial charge in [-0.05, 0) is 36.0 Å². The summed E-state index contributed by atoms with van der Waals surface area (Å²) < 4.78 is 0. The lowest BCUT2D eigenvalue weighted by Gasteiger charge is -2.48. The average Bonchev–Trinajstić information content (AvgIpc) is 2.43. The second kappa shape index (κ2) is 6.39. The standard InChI is InChI=1S/C21H27N/c1-16(2)8-7-9-17(3)19-10-12-20(13-11-19)18(4)22-14-21(5,6)15-22/h7-13H,1,4,14-15H2,2-3,5-6H3/b8-7-,17-9+. The molecule has 22 heavy (non-hydrogen) atoms. The Morgan fingerprint density at radius 1 is 1.05 bits per heavy atom. The van der Waals surface area contributed by atoms with E-state index in [9.17, 15) is 0 Å². The first-order chi connectivity index (χ1) is 10.3. The summed E-state index contributed by atoms with van der Waals surface area (Å²) in [4.78, 5) is 2.35. The highest BCUT2D eigenvalue weighted by Crippen LogP contribution is 2.34. The van der Waals surface area contributed by atoms with Crippen LogP contribution in [-0.2, 0) is 0 Å². The minimum Gasteiger partial charge on any atom is -0.370 e. The third kappa shape index (κ3) is 4.00. The van der Waals surface area contributed by atoms with Gasteiger partial charge in [0, 0.05) is 18.8 Å². The quantitative estimate of drug-likeness (QED) is 0.645. The molecule has 1 aromatic rings. The maximum absolute atomic E-state index is 4.25. The van der Waals surface area contributed by atoms with Crippen LogP contribution in [-0.4, -0.2) is 18.0 Å². The summed E-state index contributed by atoms with van der Waals surface area (Å²) in [6, 6.07) is 8.68. The molecular weight excluding hydrogens is 266 g/mol. The molecule has 1 heteroatoms. The van der Waals surface area contributed by atoms with Crippen LogP contribution in [0, 0.1) is 5.41 Å². The zero-order valence-corrected chi connectivity index (χ0v) is 14.3. The maximum Gasteiger partial charge on any atom is 0.0367 e. The molecule has 0 atom stereocenters. The van der Waals surface area contributed by atoms with Gasteiger partial charge in [0.05, 0.1) is 0 Å². The Morgan fingerprint density at radius 3 is 2.09 bits per heavy atom. The van der Waals surface area contributed by atoms with Gasteiger partial charge in [0.1, 0.15) is 0 Å². The van der Waals surface area contributed by atoms with Crippen LogP contribution in [0.1, 0.15) is 38.8 Å². The number of rotatable bonds is 5. The summed E-state index contributed by atoms with van der Waals surface area (Å²) in [7, 11) is 0. The molecule has 0 N–H and O–H groups in total. The lowest BCUT2D eigenvalue weighted by Crippen LogP contribution is -2.51. The van der Waals surface area contributed by atoms with E-state index in [0.717, 1.165) is 24.4 Å². The molecule has 0 aromatic heterocycles. The molecule has 0 amide bonds. The van der Waals surface area contributed by atoms with Crippen molar-refractivity contribution >= 4 is 11.3 Å². The third-order valence-electron chi connectivity index (χ3n) is 4.02. The van der Waals surface area contributed by atoms with Crippen LogP contribution in [0.5, 0.6) is 0 Å². The Morgan fingerprint density at radius 2 is 1.59 bits per heavy atom. The van der Waals surface area contributed by atoms with Crippen molar-refractivity contribution in [2.45, 2.75) is 27.7 Å². The van der Waals surface area contributed by atoms with Crippen molar-refractivity contribution in [1.82, 2.24) is 4.90 Å². The molecule has 2 rings (SSSR count). The number of benzene rings is 1. The Hall–Kier alpha value is -2.02. The molecule has 116 valence electrons. The van der Waals surface area contributed by atoms with Crippen LogP contribution in [0.15, 0.2) is 61.2 Å². The van der Waals surface area contributed by atoms with E-state index in [4.69, 9.17) is 0 Å². The Labute approximate surface area is 135 Å². The zero-order chi connectivity index (χ0) is 16.3. The first kappa shape index (κ1) is 16.4. The van der Waals surface area contributed by atoms with Crippen LogP contribution in [0.4, 0.5) is 0 Å². The molecule has 0 spiro atoms. The van der Waals surface area contributed by atoms with Crippen molar-refractivity contribution < 1.29 is 0 Å². The van der Waals surface area contributed by atoms with E-state index >= 15 is 0 Å². The van der Waals surface area contributed by atoms with Crippen LogP contribution in [0.2, 0.25) is 0 Å². The van der Waals surface area contributed by atoms with Gasteiger partial charge in [-0.25, -0.2) is 0 Å². The van der Waals surface area contributed by atoms with Gasteiger partial charge in [0.2, 0.25) is 0 Å². The fourth-order valence-electron chi connectivity index (χ4n) is 2.74. The topological polar surface area (TPSA) is 3.24 Å². The summed E-state index contributed by atoms with van der Waals surface area (Å²) in [6.07, 6.45) is 6.19. The van der Waals surface area contributed by atoms with Gasteiger partial charge in [-0.15, -0.1) is 0 Å². The fraction of sp³-hybridized carbons (Fsp3) is 0.333. The summed E-state index contributed by atoms with van der Waals surface area (Å²) >= 11 is 0. The van der Waals surface area contributed by atoms with E-state index < -0.39 is 0 Å². The van der Waals surface area contributed by atoms with E-state index in [-0.39, 0.29) is 0 Å². The highest BCUT2D eigenvalue weighted by atomic mass is 15.2. The van der Waals surface area contributed by atoms with Gasteiger partial charge in [-0.2, -0.15) is 0 Å². The Balaban J connectivity index is 2.04. The van der Waals surface area contributed by atoms with Crippen molar-refractivity contribution in [3.8, 4) is 0 Å². The van der Waals surface area contributed by atoms with Crippen LogP contribution in [0.25, 0.3) is 11.3 Å². The van der Waals surface area contributed by atoms with Gasteiger partial charge in [0.25, 0.3) is 0 Å². The van der Waals surface area contributed by atoms with E-state index in [1.54, 1.807) is 0 Å². The molecule has 1 aliphatic heterocycles. The van der Waals surface area contributed by atoms with Gasteiger partial charge < -0.3 is 4.90 Å². The predicted molar refractivity (Wildman–Crippen MR) is 98.4 cm³/mol. The lowest BCUT2D eigenvalue weighted by molar-refractivity contribution is 0.0888. The fourth-order valence-corrected chi connectivity index (χ4v) is 2.74. The van der Waals surface area contributed by atoms with E-state index in [0.29, 0.717) is 5.41 Å². The summed E-state index contributed by atoms with van der Waals surface area (Å²) in [5.41, 5.74) is 6.33. The monoisotopic (exact) mass is 293 g/mol. The lowest BCUT2D eigenvalue weighted by atomic mass is 9.83. The zero-order valence-electron chi connectivity index (χ0n) is 14.3. The Bertz CT molecular complexity index is 618. The first-order valence-corrected chi connectivity index (χ1v) is 7.84. The smallest absolute Gasteiger partial charge is 0.0367 e. The van der Waals surface area contributed by atoms with Crippen LogP contribution in [0.3, 0.4) is 0 Å². The SMILES string of the molecule is C=C(C)/C=C\C=C(/C)c1ccc(C(=C)N2CC(C)(C)C2)cc1. The number of hydrogen-bond donors (Lipinski definition) is 0. The second-order valence-electron chi connectivity index (χ2n) is 7.10. The van der Waals surface area contributed by atoms with Crippen molar-refractivity contribution in [3.63, 3.8) is 0 Å². The maximum atomic E-state index is 4.25. The molecule has 1 heterocycles. The summed E-state index contributed by atoms with van der Waals surface area (Å²) in [6.45, 7) is 19.0. The first-order valence-electron chi connectivity index (χ1n) is 7.84. The molecule has 1 saturated heterocycles. The number of likely N-dealkylation sites (tertiary alicyclic amines) is 1.